The van der Waals surface area contributed by atoms with Crippen LogP contribution in [0.2, 0.25) is 0 Å². The number of aromatic amines is 1. The number of carbonyl (C=O) groups is 1. The molecule has 0 bridgehead atoms. The number of nitrogens with one attached hydrogen (secondary N) is 1. The molecule has 0 radical (unpaired) electrons. The van der Waals surface area contributed by atoms with Crippen molar-refractivity contribution in [3.05, 3.63) is 30.0 Å². The third-order valence-electron chi connectivity index (χ3n) is 2.34. The minimum atomic E-state index is -0.990. The van der Waals surface area contributed by atoms with Gasteiger partial charge in [0.25, 0.3) is 0 Å². The molecule has 2 N–H and O–H groups in total. The first-order valence-electron chi connectivity index (χ1n) is 4.75. The Morgan fingerprint density at radius 2 is 2.29 bits per heavy atom. The topological polar surface area (TPSA) is 91.8 Å². The van der Waals surface area contributed by atoms with Crippen molar-refractivity contribution >= 4 is 28.5 Å². The predicted octanol–water partition coefficient (Wildman–Crippen LogP) is 1.78. The minimum absolute atomic E-state index is 0.183. The summed E-state index contributed by atoms with van der Waals surface area (Å²) in [7, 11) is 0. The number of H-pyrrole nitrogens is 1. The number of nitrogens with zero attached hydrogens (tertiary/aromatic N) is 3. The molecule has 0 atom stereocenters. The second-order valence-electron chi connectivity index (χ2n) is 3.37. The Hall–Kier alpha value is -2.28. The van der Waals surface area contributed by atoms with E-state index in [1.807, 2.05) is 0 Å². The van der Waals surface area contributed by atoms with Crippen LogP contribution in [0, 0.1) is 0 Å². The molecule has 0 unspecified atom stereocenters. The van der Waals surface area contributed by atoms with Crippen LogP contribution in [0.5, 0.6) is 0 Å². The van der Waals surface area contributed by atoms with Crippen molar-refractivity contribution in [1.29, 1.82) is 0 Å². The monoisotopic (exact) mass is 246 g/mol. The SMILES string of the molecule is O=C(O)c1cccc2[nH]c(-c3cnns3)nc12. The fourth-order valence-corrected chi connectivity index (χ4v) is 2.05. The summed E-state index contributed by atoms with van der Waals surface area (Å²) in [5.41, 5.74) is 1.32. The molecule has 0 amide bonds. The Balaban J connectivity index is 2.26. The van der Waals surface area contributed by atoms with Crippen LogP contribution in [0.15, 0.2) is 24.4 Å². The number of para-hydroxylation sites is 1. The van der Waals surface area contributed by atoms with E-state index in [1.54, 1.807) is 18.3 Å². The van der Waals surface area contributed by atoms with Crippen LogP contribution in [0.1, 0.15) is 10.4 Å². The van der Waals surface area contributed by atoms with Crippen LogP contribution < -0.4 is 0 Å². The first-order valence-corrected chi connectivity index (χ1v) is 5.53. The number of hydrogen-bond donors (Lipinski definition) is 2. The average molecular weight is 246 g/mol. The zero-order chi connectivity index (χ0) is 11.8. The molecule has 0 fully saturated rings. The van der Waals surface area contributed by atoms with Crippen molar-refractivity contribution in [2.75, 3.05) is 0 Å². The molecular formula is C10H6N4O2S. The summed E-state index contributed by atoms with van der Waals surface area (Å²) < 4.78 is 3.74. The molecule has 6 nitrogen and oxygen atoms in total. The number of imidazole rings is 1. The summed E-state index contributed by atoms with van der Waals surface area (Å²) in [5, 5.41) is 12.8. The van der Waals surface area contributed by atoms with Crippen molar-refractivity contribution in [2.24, 2.45) is 0 Å². The van der Waals surface area contributed by atoms with Crippen molar-refractivity contribution in [3.8, 4) is 10.7 Å². The van der Waals surface area contributed by atoms with Gasteiger partial charge in [-0.05, 0) is 23.7 Å². The van der Waals surface area contributed by atoms with E-state index in [9.17, 15) is 4.79 Å². The Bertz CT molecular complexity index is 689. The fourth-order valence-electron chi connectivity index (χ4n) is 1.59. The van der Waals surface area contributed by atoms with E-state index in [2.05, 4.69) is 19.6 Å². The van der Waals surface area contributed by atoms with Gasteiger partial charge in [-0.15, -0.1) is 5.10 Å². The number of carboxylic acid groups (broad SMARTS) is 1. The lowest BCUT2D eigenvalue weighted by atomic mass is 10.2. The molecule has 17 heavy (non-hydrogen) atoms. The van der Waals surface area contributed by atoms with E-state index in [-0.39, 0.29) is 5.56 Å². The molecule has 2 aromatic heterocycles. The van der Waals surface area contributed by atoms with Crippen LogP contribution in [-0.4, -0.2) is 30.6 Å². The van der Waals surface area contributed by atoms with E-state index in [4.69, 9.17) is 5.11 Å². The number of fused-ring (bicyclic) bond motifs is 1. The van der Waals surface area contributed by atoms with E-state index in [1.165, 1.54) is 17.6 Å². The van der Waals surface area contributed by atoms with Gasteiger partial charge < -0.3 is 10.1 Å². The van der Waals surface area contributed by atoms with Gasteiger partial charge in [-0.3, -0.25) is 0 Å². The van der Waals surface area contributed by atoms with E-state index in [0.717, 1.165) is 4.88 Å². The Morgan fingerprint density at radius 3 is 3.00 bits per heavy atom. The molecule has 0 aliphatic heterocycles. The predicted molar refractivity (Wildman–Crippen MR) is 62.0 cm³/mol. The molecule has 2 heterocycles. The zero-order valence-corrected chi connectivity index (χ0v) is 9.23. The van der Waals surface area contributed by atoms with Crippen molar-refractivity contribution in [2.45, 2.75) is 0 Å². The molecule has 7 heteroatoms. The van der Waals surface area contributed by atoms with Crippen LogP contribution in [0.25, 0.3) is 21.7 Å². The highest BCUT2D eigenvalue weighted by Gasteiger charge is 2.13. The van der Waals surface area contributed by atoms with Crippen LogP contribution in [0.4, 0.5) is 0 Å². The van der Waals surface area contributed by atoms with Crippen molar-refractivity contribution in [1.82, 2.24) is 19.6 Å². The lowest BCUT2D eigenvalue weighted by Crippen LogP contribution is -1.96. The third kappa shape index (κ3) is 1.56. The quantitative estimate of drug-likeness (QED) is 0.719. The number of aromatic nitrogens is 4. The van der Waals surface area contributed by atoms with E-state index in [0.29, 0.717) is 16.9 Å². The summed E-state index contributed by atoms with van der Waals surface area (Å²) >= 11 is 1.20. The number of carboxylic acids is 1. The largest absolute Gasteiger partial charge is 0.478 e. The van der Waals surface area contributed by atoms with Gasteiger partial charge in [0.2, 0.25) is 0 Å². The van der Waals surface area contributed by atoms with Gasteiger partial charge in [-0.2, -0.15) is 0 Å². The summed E-state index contributed by atoms with van der Waals surface area (Å²) in [6.45, 7) is 0. The standard InChI is InChI=1S/C10H6N4O2S/c15-10(16)5-2-1-3-6-8(5)13-9(12-6)7-4-11-14-17-7/h1-4H,(H,12,13)(H,15,16). The van der Waals surface area contributed by atoms with Crippen LogP contribution >= 0.6 is 11.5 Å². The summed E-state index contributed by atoms with van der Waals surface area (Å²) in [6.07, 6.45) is 1.59. The van der Waals surface area contributed by atoms with Gasteiger partial charge in [-0.25, -0.2) is 9.78 Å². The maximum atomic E-state index is 11.0. The molecular weight excluding hydrogens is 240 g/mol. The van der Waals surface area contributed by atoms with Crippen molar-refractivity contribution in [3.63, 3.8) is 0 Å². The molecule has 0 saturated carbocycles. The Kier molecular flexibility index (Phi) is 2.12. The first-order chi connectivity index (χ1) is 8.25. The molecule has 3 rings (SSSR count). The van der Waals surface area contributed by atoms with Gasteiger partial charge >= 0.3 is 5.97 Å². The van der Waals surface area contributed by atoms with E-state index < -0.39 is 5.97 Å². The molecule has 0 aliphatic rings. The highest BCUT2D eigenvalue weighted by Crippen LogP contribution is 2.24. The fraction of sp³-hybridized carbons (Fsp3) is 0. The normalized spacial score (nSPS) is 10.8. The Morgan fingerprint density at radius 1 is 1.41 bits per heavy atom. The number of rotatable bonds is 2. The lowest BCUT2D eigenvalue weighted by molar-refractivity contribution is 0.0699. The maximum absolute atomic E-state index is 11.0. The average Bonchev–Trinajstić information content (AvgIpc) is 2.96. The van der Waals surface area contributed by atoms with Crippen LogP contribution in [-0.2, 0) is 0 Å². The van der Waals surface area contributed by atoms with Gasteiger partial charge in [0.1, 0.15) is 10.4 Å². The smallest absolute Gasteiger partial charge is 0.337 e. The number of benzene rings is 1. The van der Waals surface area contributed by atoms with Gasteiger partial charge in [-0.1, -0.05) is 10.6 Å². The van der Waals surface area contributed by atoms with Gasteiger partial charge in [0.05, 0.1) is 17.3 Å². The second kappa shape index (κ2) is 3.63. The van der Waals surface area contributed by atoms with Crippen molar-refractivity contribution < 1.29 is 9.90 Å². The van der Waals surface area contributed by atoms with Crippen LogP contribution in [0.3, 0.4) is 0 Å². The van der Waals surface area contributed by atoms with Gasteiger partial charge in [0.15, 0.2) is 5.82 Å². The lowest BCUT2D eigenvalue weighted by Gasteiger charge is -1.93. The Labute approximate surface area is 99.1 Å². The maximum Gasteiger partial charge on any atom is 0.337 e. The summed E-state index contributed by atoms with van der Waals surface area (Å²) in [4.78, 5) is 19.1. The number of hydrogen-bond acceptors (Lipinski definition) is 5. The summed E-state index contributed by atoms with van der Waals surface area (Å²) in [5.74, 6) is -0.403. The highest BCUT2D eigenvalue weighted by molar-refractivity contribution is 7.09. The molecule has 0 saturated heterocycles. The number of aromatic carboxylic acids is 1. The minimum Gasteiger partial charge on any atom is -0.478 e. The molecule has 84 valence electrons. The highest BCUT2D eigenvalue weighted by atomic mass is 32.1. The van der Waals surface area contributed by atoms with E-state index >= 15 is 0 Å². The molecule has 0 spiro atoms. The second-order valence-corrected chi connectivity index (χ2v) is 4.16. The third-order valence-corrected chi connectivity index (χ3v) is 3.01. The molecule has 1 aromatic carbocycles. The summed E-state index contributed by atoms with van der Waals surface area (Å²) in [6, 6.07) is 4.99. The first kappa shape index (κ1) is 9.91. The molecule has 0 aliphatic carbocycles. The molecule has 3 aromatic rings. The van der Waals surface area contributed by atoms with Gasteiger partial charge in [0, 0.05) is 0 Å². The zero-order valence-electron chi connectivity index (χ0n) is 8.41.